The van der Waals surface area contributed by atoms with Gasteiger partial charge in [0.05, 0.1) is 0 Å². The topological polar surface area (TPSA) is 49.8 Å². The number of carbonyl (C=O) groups is 1. The molecule has 0 saturated heterocycles. The zero-order valence-corrected chi connectivity index (χ0v) is 12.9. The standard InChI is InChI=1S/C17H14FN3OS/c18-14-9-5-4-6-12(14)10-19-16(22)15-11-20-17(23)21(15)13-7-2-1-3-8-13/h1-9,11H,10H2,(H,19,22)(H,20,23). The number of imidazole rings is 1. The highest BCUT2D eigenvalue weighted by molar-refractivity contribution is 7.71. The summed E-state index contributed by atoms with van der Waals surface area (Å²) in [4.78, 5) is 15.3. The van der Waals surface area contributed by atoms with Crippen LogP contribution in [0.4, 0.5) is 4.39 Å². The zero-order valence-electron chi connectivity index (χ0n) is 12.1. The lowest BCUT2D eigenvalue weighted by Crippen LogP contribution is -2.25. The first kappa shape index (κ1) is 15.2. The van der Waals surface area contributed by atoms with Gasteiger partial charge in [-0.25, -0.2) is 4.39 Å². The van der Waals surface area contributed by atoms with Gasteiger partial charge in [0.15, 0.2) is 4.77 Å². The third kappa shape index (κ3) is 3.22. The van der Waals surface area contributed by atoms with Crippen molar-refractivity contribution in [2.45, 2.75) is 6.54 Å². The maximum Gasteiger partial charge on any atom is 0.270 e. The van der Waals surface area contributed by atoms with E-state index in [4.69, 9.17) is 12.2 Å². The lowest BCUT2D eigenvalue weighted by molar-refractivity contribution is 0.0943. The second kappa shape index (κ2) is 6.58. The Morgan fingerprint density at radius 3 is 2.57 bits per heavy atom. The molecule has 0 bridgehead atoms. The Morgan fingerprint density at radius 2 is 1.83 bits per heavy atom. The van der Waals surface area contributed by atoms with E-state index in [1.165, 1.54) is 6.07 Å². The molecule has 2 N–H and O–H groups in total. The van der Waals surface area contributed by atoms with Crippen molar-refractivity contribution in [3.63, 3.8) is 0 Å². The van der Waals surface area contributed by atoms with Crippen LogP contribution in [-0.2, 0) is 6.54 Å². The Bertz CT molecular complexity index is 886. The predicted molar refractivity (Wildman–Crippen MR) is 88.5 cm³/mol. The molecule has 1 amide bonds. The average molecular weight is 327 g/mol. The molecule has 1 heterocycles. The number of H-pyrrole nitrogens is 1. The quantitative estimate of drug-likeness (QED) is 0.719. The van der Waals surface area contributed by atoms with Crippen molar-refractivity contribution >= 4 is 18.1 Å². The number of rotatable bonds is 4. The van der Waals surface area contributed by atoms with Crippen molar-refractivity contribution in [1.29, 1.82) is 0 Å². The van der Waals surface area contributed by atoms with Gasteiger partial charge in [-0.3, -0.25) is 9.36 Å². The van der Waals surface area contributed by atoms with Crippen LogP contribution in [0.1, 0.15) is 16.1 Å². The van der Waals surface area contributed by atoms with Gasteiger partial charge >= 0.3 is 0 Å². The van der Waals surface area contributed by atoms with E-state index in [1.54, 1.807) is 29.0 Å². The first-order valence-corrected chi connectivity index (χ1v) is 7.45. The fourth-order valence-electron chi connectivity index (χ4n) is 2.28. The number of hydrogen-bond acceptors (Lipinski definition) is 2. The number of hydrogen-bond donors (Lipinski definition) is 2. The Balaban J connectivity index is 1.84. The second-order valence-electron chi connectivity index (χ2n) is 4.92. The number of benzene rings is 2. The summed E-state index contributed by atoms with van der Waals surface area (Å²) >= 11 is 5.24. The van der Waals surface area contributed by atoms with Crippen molar-refractivity contribution in [3.05, 3.63) is 82.6 Å². The molecule has 6 heteroatoms. The van der Waals surface area contributed by atoms with Gasteiger partial charge in [0.2, 0.25) is 0 Å². The van der Waals surface area contributed by atoms with Crippen LogP contribution in [0.25, 0.3) is 5.69 Å². The normalized spacial score (nSPS) is 10.5. The monoisotopic (exact) mass is 327 g/mol. The summed E-state index contributed by atoms with van der Waals surface area (Å²) in [7, 11) is 0. The highest BCUT2D eigenvalue weighted by Crippen LogP contribution is 2.13. The van der Waals surface area contributed by atoms with Gasteiger partial charge in [0.1, 0.15) is 11.5 Å². The third-order valence-electron chi connectivity index (χ3n) is 3.42. The molecule has 0 saturated carbocycles. The van der Waals surface area contributed by atoms with Crippen molar-refractivity contribution in [2.24, 2.45) is 0 Å². The van der Waals surface area contributed by atoms with Crippen LogP contribution in [0.15, 0.2) is 60.8 Å². The van der Waals surface area contributed by atoms with Gasteiger partial charge < -0.3 is 10.3 Å². The molecule has 0 aliphatic carbocycles. The summed E-state index contributed by atoms with van der Waals surface area (Å²) in [6.07, 6.45) is 1.55. The molecule has 0 radical (unpaired) electrons. The minimum Gasteiger partial charge on any atom is -0.347 e. The number of amides is 1. The van der Waals surface area contributed by atoms with Crippen LogP contribution in [0.5, 0.6) is 0 Å². The van der Waals surface area contributed by atoms with Crippen LogP contribution in [0, 0.1) is 10.6 Å². The number of carbonyl (C=O) groups excluding carboxylic acids is 1. The third-order valence-corrected chi connectivity index (χ3v) is 3.72. The van der Waals surface area contributed by atoms with E-state index in [1.807, 2.05) is 30.3 Å². The molecule has 116 valence electrons. The van der Waals surface area contributed by atoms with E-state index in [-0.39, 0.29) is 18.3 Å². The van der Waals surface area contributed by atoms with Crippen LogP contribution in [0.2, 0.25) is 0 Å². The van der Waals surface area contributed by atoms with Gasteiger partial charge in [-0.05, 0) is 30.4 Å². The van der Waals surface area contributed by atoms with E-state index in [2.05, 4.69) is 10.3 Å². The molecule has 23 heavy (non-hydrogen) atoms. The minimum atomic E-state index is -0.346. The average Bonchev–Trinajstić information content (AvgIpc) is 2.96. The summed E-state index contributed by atoms with van der Waals surface area (Å²) in [5.74, 6) is -0.675. The predicted octanol–water partition coefficient (Wildman–Crippen LogP) is 3.60. The summed E-state index contributed by atoms with van der Waals surface area (Å²) in [5, 5.41) is 2.71. The van der Waals surface area contributed by atoms with E-state index < -0.39 is 0 Å². The van der Waals surface area contributed by atoms with Crippen molar-refractivity contribution in [2.75, 3.05) is 0 Å². The molecule has 4 nitrogen and oxygen atoms in total. The first-order chi connectivity index (χ1) is 11.2. The molecule has 0 aliphatic rings. The van der Waals surface area contributed by atoms with Crippen molar-refractivity contribution in [3.8, 4) is 5.69 Å². The summed E-state index contributed by atoms with van der Waals surface area (Å²) in [6.45, 7) is 0.109. The summed E-state index contributed by atoms with van der Waals surface area (Å²) < 4.78 is 15.7. The summed E-state index contributed by atoms with van der Waals surface area (Å²) in [6, 6.07) is 15.7. The highest BCUT2D eigenvalue weighted by atomic mass is 32.1. The van der Waals surface area contributed by atoms with E-state index >= 15 is 0 Å². The fraction of sp³-hybridized carbons (Fsp3) is 0.0588. The van der Waals surface area contributed by atoms with Gasteiger partial charge in [-0.2, -0.15) is 0 Å². The van der Waals surface area contributed by atoms with Crippen molar-refractivity contribution < 1.29 is 9.18 Å². The first-order valence-electron chi connectivity index (χ1n) is 7.04. The van der Waals surface area contributed by atoms with E-state index in [0.29, 0.717) is 16.0 Å². The van der Waals surface area contributed by atoms with Crippen LogP contribution >= 0.6 is 12.2 Å². The molecule has 1 aromatic heterocycles. The number of nitrogens with one attached hydrogen (secondary N) is 2. The fourth-order valence-corrected chi connectivity index (χ4v) is 2.54. The lowest BCUT2D eigenvalue weighted by atomic mass is 10.2. The molecule has 0 unspecified atom stereocenters. The number of nitrogens with zero attached hydrogens (tertiary/aromatic N) is 1. The Hall–Kier alpha value is -2.73. The smallest absolute Gasteiger partial charge is 0.270 e. The Kier molecular flexibility index (Phi) is 4.34. The number of para-hydroxylation sites is 1. The van der Waals surface area contributed by atoms with Gasteiger partial charge in [0.25, 0.3) is 5.91 Å². The van der Waals surface area contributed by atoms with E-state index in [0.717, 1.165) is 5.69 Å². The molecular formula is C17H14FN3OS. The van der Waals surface area contributed by atoms with Crippen LogP contribution in [0.3, 0.4) is 0 Å². The zero-order chi connectivity index (χ0) is 16.2. The van der Waals surface area contributed by atoms with Crippen LogP contribution < -0.4 is 5.32 Å². The lowest BCUT2D eigenvalue weighted by Gasteiger charge is -2.09. The molecular weight excluding hydrogens is 313 g/mol. The molecule has 3 aromatic rings. The number of halogens is 1. The molecule has 3 rings (SSSR count). The maximum absolute atomic E-state index is 13.6. The van der Waals surface area contributed by atoms with Gasteiger partial charge in [-0.1, -0.05) is 36.4 Å². The Morgan fingerprint density at radius 1 is 1.13 bits per heavy atom. The minimum absolute atomic E-state index is 0.109. The number of aromatic amines is 1. The molecule has 2 aromatic carbocycles. The molecule has 0 atom stereocenters. The summed E-state index contributed by atoms with van der Waals surface area (Å²) in [5.41, 5.74) is 1.59. The molecule has 0 aliphatic heterocycles. The Labute approximate surface area is 137 Å². The van der Waals surface area contributed by atoms with E-state index in [9.17, 15) is 9.18 Å². The molecule has 0 fully saturated rings. The largest absolute Gasteiger partial charge is 0.347 e. The maximum atomic E-state index is 13.6. The van der Waals surface area contributed by atoms with Crippen molar-refractivity contribution in [1.82, 2.24) is 14.9 Å². The second-order valence-corrected chi connectivity index (χ2v) is 5.31. The SMILES string of the molecule is O=C(NCc1ccccc1F)c1c[nH]c(=S)n1-c1ccccc1. The van der Waals surface area contributed by atoms with Gasteiger partial charge in [0, 0.05) is 24.0 Å². The number of aromatic nitrogens is 2. The molecule has 0 spiro atoms. The highest BCUT2D eigenvalue weighted by Gasteiger charge is 2.14. The van der Waals surface area contributed by atoms with Gasteiger partial charge in [-0.15, -0.1) is 0 Å². The van der Waals surface area contributed by atoms with Crippen LogP contribution in [-0.4, -0.2) is 15.5 Å².